The maximum Gasteiger partial charge on any atom is 0.260 e. The zero-order valence-corrected chi connectivity index (χ0v) is 22.7. The summed E-state index contributed by atoms with van der Waals surface area (Å²) in [6.07, 6.45) is 1.59. The number of carbonyl (C=O) groups excluding carboxylic acids is 2. The molecule has 1 amide bonds. The Bertz CT molecular complexity index is 1350. The number of halogens is 1. The summed E-state index contributed by atoms with van der Waals surface area (Å²) < 4.78 is 17.6. The van der Waals surface area contributed by atoms with Gasteiger partial charge in [0.2, 0.25) is 0 Å². The fraction of sp³-hybridized carbons (Fsp3) is 0.286. The molecule has 6 N–H and O–H groups in total. The van der Waals surface area contributed by atoms with Gasteiger partial charge in [-0.1, -0.05) is 6.07 Å². The molecule has 3 aromatic rings. The highest BCUT2D eigenvalue weighted by molar-refractivity contribution is 6.06. The number of amidine groups is 1. The summed E-state index contributed by atoms with van der Waals surface area (Å²) in [6, 6.07) is 13.8. The number of nitrogens with two attached hydrogens (primary N) is 2. The Hall–Kier alpha value is -4.39. The molecule has 212 valence electrons. The number of anilines is 1. The van der Waals surface area contributed by atoms with E-state index in [2.05, 4.69) is 27.3 Å². The van der Waals surface area contributed by atoms with Gasteiger partial charge >= 0.3 is 0 Å². The number of methoxy groups -OCH3 is 1. The number of aromatic nitrogens is 1. The number of nitrogens with one attached hydrogen (secondary N) is 1. The number of carbonyl (C=O) groups is 2. The van der Waals surface area contributed by atoms with Crippen molar-refractivity contribution in [3.05, 3.63) is 88.4 Å². The number of likely N-dealkylation sites (N-methyl/N-ethyl adjacent to an activating group) is 1. The third kappa shape index (κ3) is 7.59. The molecular weight excluding hydrogens is 517 g/mol. The average molecular weight is 552 g/mol. The Labute approximate surface area is 232 Å². The number of benzene rings is 2. The van der Waals surface area contributed by atoms with Gasteiger partial charge in [-0.2, -0.15) is 5.10 Å². The third-order valence-corrected chi connectivity index (χ3v) is 6.30. The van der Waals surface area contributed by atoms with E-state index in [1.807, 2.05) is 12.1 Å². The summed E-state index contributed by atoms with van der Waals surface area (Å²) in [7, 11) is 3.60. The lowest BCUT2D eigenvalue weighted by Gasteiger charge is -2.26. The molecule has 1 aliphatic rings. The maximum atomic E-state index is 13.0. The predicted octanol–water partition coefficient (Wildman–Crippen LogP) is 2.15. The van der Waals surface area contributed by atoms with E-state index in [4.69, 9.17) is 16.4 Å². The molecule has 0 spiro atoms. The number of fused-ring (bicyclic) bond motifs is 1. The standard InChI is InChI=1S/C21H29N7O3.C7H5FO/c1-13(12-29)28(23)20(26-22)17-5-4-6-19(24-17)25-21(30)16-9-15-11-27(2)8-7-14(15)10-18(16)31-3;8-7-3-1-6(5-9)2-4-7/h4-6,9-10,13,29H,7-8,11-12,22-23H2,1-3H3,(H,24,25,30);1-5H/b26-20-;. The van der Waals surface area contributed by atoms with Crippen LogP contribution in [0, 0.1) is 5.82 Å². The zero-order valence-electron chi connectivity index (χ0n) is 22.7. The van der Waals surface area contributed by atoms with E-state index < -0.39 is 6.04 Å². The van der Waals surface area contributed by atoms with Crippen molar-refractivity contribution in [2.75, 3.05) is 32.6 Å². The first-order valence-electron chi connectivity index (χ1n) is 12.5. The topological polar surface area (TPSA) is 159 Å². The lowest BCUT2D eigenvalue weighted by Crippen LogP contribution is -2.47. The number of hydrogen-bond donors (Lipinski definition) is 4. The molecule has 0 bridgehead atoms. The molecule has 1 atom stereocenters. The molecule has 2 aromatic carbocycles. The molecular formula is C28H34FN7O4. The van der Waals surface area contributed by atoms with Crippen LogP contribution in [0.5, 0.6) is 5.75 Å². The van der Waals surface area contributed by atoms with E-state index in [1.54, 1.807) is 32.2 Å². The number of aldehydes is 1. The van der Waals surface area contributed by atoms with Gasteiger partial charge in [-0.3, -0.25) is 14.6 Å². The number of rotatable bonds is 7. The molecule has 4 rings (SSSR count). The van der Waals surface area contributed by atoms with Crippen LogP contribution in [0.1, 0.15) is 44.5 Å². The first-order valence-corrected chi connectivity index (χ1v) is 12.5. The average Bonchev–Trinajstić information content (AvgIpc) is 2.97. The van der Waals surface area contributed by atoms with Crippen LogP contribution in [0.2, 0.25) is 0 Å². The number of nitrogens with zero attached hydrogens (tertiary/aromatic N) is 4. The van der Waals surface area contributed by atoms with Gasteiger partial charge in [-0.05, 0) is 80.1 Å². The summed E-state index contributed by atoms with van der Waals surface area (Å²) >= 11 is 0. The Morgan fingerprint density at radius 3 is 2.62 bits per heavy atom. The molecule has 0 aliphatic carbocycles. The number of ether oxygens (including phenoxy) is 1. The number of amides is 1. The minimum absolute atomic E-state index is 0.181. The Morgan fingerprint density at radius 2 is 2.00 bits per heavy atom. The monoisotopic (exact) mass is 551 g/mol. The molecule has 0 radical (unpaired) electrons. The van der Waals surface area contributed by atoms with Crippen LogP contribution in [0.4, 0.5) is 10.2 Å². The minimum atomic E-state index is -0.416. The highest BCUT2D eigenvalue weighted by atomic mass is 19.1. The van der Waals surface area contributed by atoms with Crippen LogP contribution in [0.15, 0.2) is 59.7 Å². The number of hydrazine groups is 1. The number of aliphatic hydroxyl groups is 1. The Balaban J connectivity index is 0.000000415. The lowest BCUT2D eigenvalue weighted by atomic mass is 9.96. The Kier molecular flexibility index (Phi) is 10.6. The molecule has 0 fully saturated rings. The van der Waals surface area contributed by atoms with Gasteiger partial charge in [0, 0.05) is 18.7 Å². The molecule has 1 aliphatic heterocycles. The second-order valence-corrected chi connectivity index (χ2v) is 9.23. The molecule has 40 heavy (non-hydrogen) atoms. The van der Waals surface area contributed by atoms with Gasteiger partial charge in [-0.15, -0.1) is 0 Å². The minimum Gasteiger partial charge on any atom is -0.496 e. The van der Waals surface area contributed by atoms with E-state index in [-0.39, 0.29) is 24.2 Å². The highest BCUT2D eigenvalue weighted by Crippen LogP contribution is 2.28. The van der Waals surface area contributed by atoms with Crippen molar-refractivity contribution in [2.45, 2.75) is 25.9 Å². The van der Waals surface area contributed by atoms with E-state index >= 15 is 0 Å². The molecule has 1 aromatic heterocycles. The van der Waals surface area contributed by atoms with Crippen molar-refractivity contribution >= 4 is 23.8 Å². The van der Waals surface area contributed by atoms with Gasteiger partial charge in [0.25, 0.3) is 5.91 Å². The summed E-state index contributed by atoms with van der Waals surface area (Å²) in [5.41, 5.74) is 3.59. The molecule has 12 heteroatoms. The van der Waals surface area contributed by atoms with E-state index in [1.165, 1.54) is 34.8 Å². The molecule has 2 heterocycles. The van der Waals surface area contributed by atoms with Crippen molar-refractivity contribution in [1.82, 2.24) is 14.9 Å². The van der Waals surface area contributed by atoms with Crippen molar-refractivity contribution in [3.63, 3.8) is 0 Å². The van der Waals surface area contributed by atoms with Crippen LogP contribution < -0.4 is 21.7 Å². The number of hydrazone groups is 1. The maximum absolute atomic E-state index is 13.0. The second-order valence-electron chi connectivity index (χ2n) is 9.23. The molecule has 0 saturated carbocycles. The van der Waals surface area contributed by atoms with Gasteiger partial charge in [0.15, 0.2) is 5.84 Å². The molecule has 0 saturated heterocycles. The normalized spacial score (nSPS) is 13.8. The van der Waals surface area contributed by atoms with Crippen molar-refractivity contribution < 1.29 is 23.8 Å². The van der Waals surface area contributed by atoms with Crippen molar-refractivity contribution in [1.29, 1.82) is 0 Å². The van der Waals surface area contributed by atoms with Gasteiger partial charge in [0.05, 0.1) is 25.3 Å². The van der Waals surface area contributed by atoms with Gasteiger partial charge in [0.1, 0.15) is 29.4 Å². The number of pyridine rings is 1. The summed E-state index contributed by atoms with van der Waals surface area (Å²) in [4.78, 5) is 29.6. The quantitative estimate of drug-likeness (QED) is 0.113. The SMILES string of the molecule is COc1cc2c(cc1C(=O)Nc1cccc(/C(=N/N)N(N)C(C)CO)n1)CN(C)CC2.O=Cc1ccc(F)cc1. The third-order valence-electron chi connectivity index (χ3n) is 6.30. The lowest BCUT2D eigenvalue weighted by molar-refractivity contribution is 0.102. The van der Waals surface area contributed by atoms with Crippen LogP contribution in [-0.4, -0.2) is 71.4 Å². The van der Waals surface area contributed by atoms with Crippen LogP contribution in [-0.2, 0) is 13.0 Å². The van der Waals surface area contributed by atoms with Crippen molar-refractivity contribution in [2.24, 2.45) is 16.8 Å². The van der Waals surface area contributed by atoms with E-state index in [0.29, 0.717) is 34.7 Å². The summed E-state index contributed by atoms with van der Waals surface area (Å²) in [6.45, 7) is 3.28. The highest BCUT2D eigenvalue weighted by Gasteiger charge is 2.22. The van der Waals surface area contributed by atoms with Crippen LogP contribution in [0.25, 0.3) is 0 Å². The molecule has 11 nitrogen and oxygen atoms in total. The van der Waals surface area contributed by atoms with Crippen molar-refractivity contribution in [3.8, 4) is 5.75 Å². The summed E-state index contributed by atoms with van der Waals surface area (Å²) in [5, 5.41) is 17.1. The fourth-order valence-corrected chi connectivity index (χ4v) is 3.99. The zero-order chi connectivity index (χ0) is 29.2. The van der Waals surface area contributed by atoms with Gasteiger partial charge < -0.3 is 25.9 Å². The molecule has 1 unspecified atom stereocenters. The first kappa shape index (κ1) is 30.2. The largest absolute Gasteiger partial charge is 0.496 e. The Morgan fingerprint density at radius 1 is 1.27 bits per heavy atom. The second kappa shape index (κ2) is 14.1. The van der Waals surface area contributed by atoms with Crippen LogP contribution >= 0.6 is 0 Å². The first-order chi connectivity index (χ1) is 19.2. The van der Waals surface area contributed by atoms with Crippen LogP contribution in [0.3, 0.4) is 0 Å². The smallest absolute Gasteiger partial charge is 0.260 e. The summed E-state index contributed by atoms with van der Waals surface area (Å²) in [5.74, 6) is 11.8. The fourth-order valence-electron chi connectivity index (χ4n) is 3.99. The predicted molar refractivity (Wildman–Crippen MR) is 150 cm³/mol. The van der Waals surface area contributed by atoms with Gasteiger partial charge in [-0.25, -0.2) is 15.2 Å². The number of aliphatic hydroxyl groups excluding tert-OH is 1. The van der Waals surface area contributed by atoms with E-state index in [9.17, 15) is 19.1 Å². The van der Waals surface area contributed by atoms with E-state index in [0.717, 1.165) is 25.1 Å². The number of hydrogen-bond acceptors (Lipinski definition) is 9.